The number of H-pyrrole nitrogens is 1. The molecule has 36 heavy (non-hydrogen) atoms. The Bertz CT molecular complexity index is 1460. The first kappa shape index (κ1) is 23.8. The number of amides is 1. The minimum Gasteiger partial charge on any atom is -0.376 e. The van der Waals surface area contributed by atoms with Gasteiger partial charge >= 0.3 is 0 Å². The highest BCUT2D eigenvalue weighted by atomic mass is 16.5. The molecule has 2 aromatic heterocycles. The van der Waals surface area contributed by atoms with Gasteiger partial charge in [0.1, 0.15) is 5.82 Å². The molecule has 1 saturated heterocycles. The number of aryl methyl sites for hydroxylation is 1. The number of ether oxygens (including phenoxy) is 1. The molecule has 3 heterocycles. The van der Waals surface area contributed by atoms with Crippen molar-refractivity contribution >= 4 is 22.9 Å². The number of carbonyl (C=O) groups is 1. The van der Waals surface area contributed by atoms with Crippen molar-refractivity contribution in [3.63, 3.8) is 0 Å². The van der Waals surface area contributed by atoms with Crippen LogP contribution >= 0.6 is 0 Å². The minimum atomic E-state index is -0.205. The van der Waals surface area contributed by atoms with Gasteiger partial charge < -0.3 is 19.2 Å². The molecule has 1 N–H and O–H groups in total. The first-order chi connectivity index (χ1) is 17.5. The van der Waals surface area contributed by atoms with E-state index >= 15 is 0 Å². The maximum Gasteiger partial charge on any atom is 0.258 e. The summed E-state index contributed by atoms with van der Waals surface area (Å²) in [6.07, 6.45) is 5.35. The summed E-state index contributed by atoms with van der Waals surface area (Å²) < 4.78 is 7.98. The summed E-state index contributed by atoms with van der Waals surface area (Å²) in [5, 5.41) is 0.534. The van der Waals surface area contributed by atoms with Gasteiger partial charge in [-0.25, -0.2) is 4.98 Å². The number of benzene rings is 2. The second kappa shape index (κ2) is 10.3. The number of hydrogen-bond acceptors (Lipinski definition) is 4. The number of aromatic nitrogens is 3. The normalized spacial score (nSPS) is 15.7. The molecule has 1 aliphatic rings. The second-order valence-electron chi connectivity index (χ2n) is 9.21. The smallest absolute Gasteiger partial charge is 0.258 e. The van der Waals surface area contributed by atoms with E-state index in [0.717, 1.165) is 35.5 Å². The van der Waals surface area contributed by atoms with Gasteiger partial charge in [-0.05, 0) is 68.7 Å². The van der Waals surface area contributed by atoms with Crippen LogP contribution in [-0.2, 0) is 16.1 Å². The van der Waals surface area contributed by atoms with Crippen LogP contribution in [0.15, 0.2) is 71.5 Å². The van der Waals surface area contributed by atoms with E-state index in [9.17, 15) is 9.59 Å². The lowest BCUT2D eigenvalue weighted by molar-refractivity contribution is -0.128. The second-order valence-corrected chi connectivity index (χ2v) is 9.21. The van der Waals surface area contributed by atoms with Crippen molar-refractivity contribution in [2.24, 2.45) is 0 Å². The summed E-state index contributed by atoms with van der Waals surface area (Å²) in [5.74, 6) is 0.312. The van der Waals surface area contributed by atoms with E-state index in [1.54, 1.807) is 17.0 Å². The molecule has 0 spiro atoms. The van der Waals surface area contributed by atoms with E-state index in [4.69, 9.17) is 4.74 Å². The number of fused-ring (bicyclic) bond motifs is 1. The number of rotatable bonds is 7. The first-order valence-electron chi connectivity index (χ1n) is 12.3. The predicted molar refractivity (Wildman–Crippen MR) is 141 cm³/mol. The van der Waals surface area contributed by atoms with Crippen molar-refractivity contribution in [3.8, 4) is 5.69 Å². The Balaban J connectivity index is 1.40. The molecule has 0 aliphatic carbocycles. The van der Waals surface area contributed by atoms with Crippen molar-refractivity contribution in [2.45, 2.75) is 39.3 Å². The molecule has 0 radical (unpaired) electrons. The number of carbonyl (C=O) groups excluding carboxylic acids is 1. The molecule has 0 saturated carbocycles. The lowest BCUT2D eigenvalue weighted by atomic mass is 10.2. The molecule has 1 aliphatic heterocycles. The van der Waals surface area contributed by atoms with E-state index < -0.39 is 0 Å². The third-order valence-electron chi connectivity index (χ3n) is 6.65. The van der Waals surface area contributed by atoms with Crippen molar-refractivity contribution in [2.75, 3.05) is 13.2 Å². The van der Waals surface area contributed by atoms with Crippen LogP contribution in [0, 0.1) is 13.8 Å². The summed E-state index contributed by atoms with van der Waals surface area (Å²) in [6, 6.07) is 19.5. The SMILES string of the molecule is Cc1cc(C=CC(=O)N(Cc2nc3ccccc3c(=O)[nH]2)CC2CCCO2)c(C)n1-c1ccccc1. The minimum absolute atomic E-state index is 0.0160. The van der Waals surface area contributed by atoms with Crippen LogP contribution in [0.2, 0.25) is 0 Å². The zero-order chi connectivity index (χ0) is 25.1. The van der Waals surface area contributed by atoms with Crippen LogP contribution in [0.3, 0.4) is 0 Å². The largest absolute Gasteiger partial charge is 0.376 e. The van der Waals surface area contributed by atoms with Crippen molar-refractivity contribution in [1.29, 1.82) is 0 Å². The van der Waals surface area contributed by atoms with Crippen LogP contribution in [-0.4, -0.2) is 44.6 Å². The summed E-state index contributed by atoms with van der Waals surface area (Å²) >= 11 is 0. The van der Waals surface area contributed by atoms with Gasteiger partial charge in [0.05, 0.1) is 23.6 Å². The standard InChI is InChI=1S/C29H30N4O3/c1-20-17-22(21(2)33(20)23-9-4-3-5-10-23)14-15-28(34)32(18-24-11-8-16-36-24)19-27-30-26-13-7-6-12-25(26)29(35)31-27/h3-7,9-10,12-15,17,24H,8,11,16,18-19H2,1-2H3,(H,30,31,35). The van der Waals surface area contributed by atoms with Gasteiger partial charge in [-0.2, -0.15) is 0 Å². The molecule has 4 aromatic rings. The van der Waals surface area contributed by atoms with Crippen LogP contribution in [0.25, 0.3) is 22.7 Å². The summed E-state index contributed by atoms with van der Waals surface area (Å²) in [6.45, 7) is 5.47. The maximum atomic E-state index is 13.4. The predicted octanol–water partition coefficient (Wildman–Crippen LogP) is 4.55. The fourth-order valence-electron chi connectivity index (χ4n) is 4.85. The van der Waals surface area contributed by atoms with Gasteiger partial charge in [-0.3, -0.25) is 9.59 Å². The number of hydrogen-bond donors (Lipinski definition) is 1. The fraction of sp³-hybridized carbons (Fsp3) is 0.276. The number of aromatic amines is 1. The Morgan fingerprint density at radius 3 is 2.72 bits per heavy atom. The Morgan fingerprint density at radius 2 is 1.94 bits per heavy atom. The van der Waals surface area contributed by atoms with Gasteiger partial charge in [0, 0.05) is 36.3 Å². The monoisotopic (exact) mass is 482 g/mol. The summed E-state index contributed by atoms with van der Waals surface area (Å²) in [7, 11) is 0. The highest BCUT2D eigenvalue weighted by molar-refractivity contribution is 5.92. The van der Waals surface area contributed by atoms with E-state index in [0.29, 0.717) is 29.9 Å². The zero-order valence-corrected chi connectivity index (χ0v) is 20.6. The van der Waals surface area contributed by atoms with Crippen LogP contribution in [0.5, 0.6) is 0 Å². The average Bonchev–Trinajstić information content (AvgIpc) is 3.49. The number of nitrogens with one attached hydrogen (secondary N) is 1. The number of nitrogens with zero attached hydrogens (tertiary/aromatic N) is 3. The molecule has 1 atom stereocenters. The molecule has 7 nitrogen and oxygen atoms in total. The maximum absolute atomic E-state index is 13.4. The third-order valence-corrected chi connectivity index (χ3v) is 6.65. The highest BCUT2D eigenvalue weighted by Gasteiger charge is 2.23. The van der Waals surface area contributed by atoms with Gasteiger partial charge in [-0.15, -0.1) is 0 Å². The molecule has 1 fully saturated rings. The molecule has 2 aromatic carbocycles. The third kappa shape index (κ3) is 5.02. The lowest BCUT2D eigenvalue weighted by Gasteiger charge is -2.24. The molecule has 0 bridgehead atoms. The quantitative estimate of drug-likeness (QED) is 0.392. The molecule has 7 heteroatoms. The fourth-order valence-corrected chi connectivity index (χ4v) is 4.85. The van der Waals surface area contributed by atoms with Crippen molar-refractivity contribution in [3.05, 3.63) is 99.9 Å². The van der Waals surface area contributed by atoms with E-state index in [1.165, 1.54) is 0 Å². The Kier molecular flexibility index (Phi) is 6.82. The van der Waals surface area contributed by atoms with Crippen LogP contribution in [0.1, 0.15) is 35.6 Å². The average molecular weight is 483 g/mol. The van der Waals surface area contributed by atoms with Gasteiger partial charge in [0.15, 0.2) is 0 Å². The highest BCUT2D eigenvalue weighted by Crippen LogP contribution is 2.22. The molecule has 184 valence electrons. The number of para-hydroxylation sites is 2. The summed E-state index contributed by atoms with van der Waals surface area (Å²) in [4.78, 5) is 35.1. The molecule has 1 unspecified atom stereocenters. The first-order valence-corrected chi connectivity index (χ1v) is 12.3. The zero-order valence-electron chi connectivity index (χ0n) is 20.6. The Hall–Kier alpha value is -3.97. The van der Waals surface area contributed by atoms with E-state index in [-0.39, 0.29) is 24.1 Å². The van der Waals surface area contributed by atoms with Crippen molar-refractivity contribution in [1.82, 2.24) is 19.4 Å². The Morgan fingerprint density at radius 1 is 1.17 bits per heavy atom. The van der Waals surface area contributed by atoms with Gasteiger partial charge in [-0.1, -0.05) is 30.3 Å². The molecular weight excluding hydrogens is 452 g/mol. The van der Waals surface area contributed by atoms with E-state index in [1.807, 2.05) is 42.5 Å². The van der Waals surface area contributed by atoms with Crippen molar-refractivity contribution < 1.29 is 9.53 Å². The van der Waals surface area contributed by atoms with Crippen LogP contribution in [0.4, 0.5) is 0 Å². The summed E-state index contributed by atoms with van der Waals surface area (Å²) in [5.41, 5.74) is 4.64. The van der Waals surface area contributed by atoms with E-state index in [2.05, 4.69) is 46.6 Å². The molecule has 1 amide bonds. The lowest BCUT2D eigenvalue weighted by Crippen LogP contribution is -2.36. The molecular formula is C29H30N4O3. The topological polar surface area (TPSA) is 80.2 Å². The molecule has 5 rings (SSSR count). The van der Waals surface area contributed by atoms with Crippen LogP contribution < -0.4 is 5.56 Å². The Labute approximate surface area is 210 Å². The van der Waals surface area contributed by atoms with Gasteiger partial charge in [0.25, 0.3) is 5.56 Å². The van der Waals surface area contributed by atoms with Gasteiger partial charge in [0.2, 0.25) is 5.91 Å².